The summed E-state index contributed by atoms with van der Waals surface area (Å²) in [5.41, 5.74) is 7.87. The first-order valence-electron chi connectivity index (χ1n) is 6.77. The third kappa shape index (κ3) is 3.82. The Bertz CT molecular complexity index is 557. The summed E-state index contributed by atoms with van der Waals surface area (Å²) in [4.78, 5) is 6.19. The SMILES string of the molecule is CN(C)CCOCCNc1ccc2cnccc2c1N. The van der Waals surface area contributed by atoms with Gasteiger partial charge in [-0.3, -0.25) is 4.98 Å². The number of benzene rings is 1. The van der Waals surface area contributed by atoms with E-state index in [0.29, 0.717) is 6.61 Å². The van der Waals surface area contributed by atoms with Crippen molar-refractivity contribution in [1.29, 1.82) is 0 Å². The van der Waals surface area contributed by atoms with Gasteiger partial charge in [-0.25, -0.2) is 0 Å². The van der Waals surface area contributed by atoms with Crippen molar-refractivity contribution in [1.82, 2.24) is 9.88 Å². The second kappa shape index (κ2) is 7.07. The number of ether oxygens (including phenoxy) is 1. The van der Waals surface area contributed by atoms with Crippen LogP contribution in [0.1, 0.15) is 0 Å². The average molecular weight is 274 g/mol. The van der Waals surface area contributed by atoms with Crippen molar-refractivity contribution in [2.24, 2.45) is 0 Å². The zero-order valence-corrected chi connectivity index (χ0v) is 12.1. The maximum absolute atomic E-state index is 6.16. The highest BCUT2D eigenvalue weighted by atomic mass is 16.5. The summed E-state index contributed by atoms with van der Waals surface area (Å²) in [7, 11) is 4.07. The lowest BCUT2D eigenvalue weighted by Crippen LogP contribution is -2.20. The predicted octanol–water partition coefficient (Wildman–Crippen LogP) is 1.81. The van der Waals surface area contributed by atoms with Crippen LogP contribution in [0.2, 0.25) is 0 Å². The summed E-state index contributed by atoms with van der Waals surface area (Å²) in [6, 6.07) is 5.94. The van der Waals surface area contributed by atoms with E-state index in [0.717, 1.165) is 41.8 Å². The van der Waals surface area contributed by atoms with Crippen LogP contribution in [0, 0.1) is 0 Å². The minimum atomic E-state index is 0.668. The van der Waals surface area contributed by atoms with Gasteiger partial charge in [-0.1, -0.05) is 6.07 Å². The fourth-order valence-corrected chi connectivity index (χ4v) is 1.95. The Balaban J connectivity index is 1.86. The Kier molecular flexibility index (Phi) is 5.15. The minimum absolute atomic E-state index is 0.668. The van der Waals surface area contributed by atoms with Crippen molar-refractivity contribution in [2.45, 2.75) is 0 Å². The van der Waals surface area contributed by atoms with Gasteiger partial charge >= 0.3 is 0 Å². The smallest absolute Gasteiger partial charge is 0.0639 e. The Labute approximate surface area is 119 Å². The fraction of sp³-hybridized carbons (Fsp3) is 0.400. The molecule has 1 heterocycles. The van der Waals surface area contributed by atoms with Crippen molar-refractivity contribution in [3.8, 4) is 0 Å². The molecule has 5 heteroatoms. The van der Waals surface area contributed by atoms with Crippen molar-refractivity contribution in [3.63, 3.8) is 0 Å². The molecular weight excluding hydrogens is 252 g/mol. The number of nitrogen functional groups attached to an aromatic ring is 1. The molecule has 0 saturated heterocycles. The molecule has 2 rings (SSSR count). The molecule has 0 fully saturated rings. The Morgan fingerprint density at radius 2 is 2.10 bits per heavy atom. The number of pyridine rings is 1. The molecule has 2 aromatic rings. The van der Waals surface area contributed by atoms with Crippen molar-refractivity contribution in [2.75, 3.05) is 51.4 Å². The highest BCUT2D eigenvalue weighted by Gasteiger charge is 2.03. The second-order valence-electron chi connectivity index (χ2n) is 4.97. The van der Waals surface area contributed by atoms with Crippen LogP contribution in [0.5, 0.6) is 0 Å². The minimum Gasteiger partial charge on any atom is -0.397 e. The predicted molar refractivity (Wildman–Crippen MR) is 84.0 cm³/mol. The first-order valence-corrected chi connectivity index (χ1v) is 6.77. The number of nitrogens with zero attached hydrogens (tertiary/aromatic N) is 2. The first kappa shape index (κ1) is 14.6. The third-order valence-corrected chi connectivity index (χ3v) is 3.11. The molecule has 20 heavy (non-hydrogen) atoms. The molecule has 0 unspecified atom stereocenters. The quantitative estimate of drug-likeness (QED) is 0.595. The second-order valence-corrected chi connectivity index (χ2v) is 4.97. The molecule has 0 spiro atoms. The third-order valence-electron chi connectivity index (χ3n) is 3.11. The number of hydrogen-bond acceptors (Lipinski definition) is 5. The van der Waals surface area contributed by atoms with E-state index in [1.54, 1.807) is 6.20 Å². The molecule has 0 radical (unpaired) electrons. The normalized spacial score (nSPS) is 11.2. The average Bonchev–Trinajstić information content (AvgIpc) is 2.45. The number of likely N-dealkylation sites (N-methyl/N-ethyl adjacent to an activating group) is 1. The lowest BCUT2D eigenvalue weighted by Gasteiger charge is -2.13. The number of hydrogen-bond donors (Lipinski definition) is 2. The van der Waals surface area contributed by atoms with Crippen LogP contribution in [0.25, 0.3) is 10.8 Å². The largest absolute Gasteiger partial charge is 0.397 e. The molecule has 0 amide bonds. The fourth-order valence-electron chi connectivity index (χ4n) is 1.95. The van der Waals surface area contributed by atoms with Gasteiger partial charge < -0.3 is 20.7 Å². The van der Waals surface area contributed by atoms with Gasteiger partial charge in [-0.15, -0.1) is 0 Å². The van der Waals surface area contributed by atoms with Crippen molar-refractivity contribution in [3.05, 3.63) is 30.6 Å². The number of rotatable bonds is 7. The number of nitrogens with two attached hydrogens (primary N) is 1. The Hall–Kier alpha value is -1.85. The molecule has 108 valence electrons. The molecule has 0 saturated carbocycles. The molecule has 0 bridgehead atoms. The van der Waals surface area contributed by atoms with Crippen molar-refractivity contribution < 1.29 is 4.74 Å². The van der Waals surface area contributed by atoms with Gasteiger partial charge in [0.05, 0.1) is 24.6 Å². The van der Waals surface area contributed by atoms with Crippen LogP contribution in [0.3, 0.4) is 0 Å². The van der Waals surface area contributed by atoms with Gasteiger partial charge in [0.1, 0.15) is 0 Å². The van der Waals surface area contributed by atoms with E-state index in [1.807, 2.05) is 38.5 Å². The van der Waals surface area contributed by atoms with E-state index in [4.69, 9.17) is 10.5 Å². The summed E-state index contributed by atoms with van der Waals surface area (Å²) in [6.45, 7) is 3.09. The topological polar surface area (TPSA) is 63.4 Å². The molecule has 0 aliphatic heterocycles. The zero-order valence-electron chi connectivity index (χ0n) is 12.1. The summed E-state index contributed by atoms with van der Waals surface area (Å²) >= 11 is 0. The number of fused-ring (bicyclic) bond motifs is 1. The first-order chi connectivity index (χ1) is 9.68. The Morgan fingerprint density at radius 1 is 1.25 bits per heavy atom. The van der Waals surface area contributed by atoms with Crippen LogP contribution in [0.15, 0.2) is 30.6 Å². The van der Waals surface area contributed by atoms with E-state index in [1.165, 1.54) is 0 Å². The van der Waals surface area contributed by atoms with Crippen molar-refractivity contribution >= 4 is 22.1 Å². The Morgan fingerprint density at radius 3 is 2.90 bits per heavy atom. The maximum Gasteiger partial charge on any atom is 0.0639 e. The summed E-state index contributed by atoms with van der Waals surface area (Å²) in [5.74, 6) is 0. The number of aromatic nitrogens is 1. The summed E-state index contributed by atoms with van der Waals surface area (Å²) in [5, 5.41) is 5.39. The molecule has 1 aromatic carbocycles. The van der Waals surface area contributed by atoms with Gasteiger partial charge in [0, 0.05) is 36.3 Å². The number of anilines is 2. The van der Waals surface area contributed by atoms with Crippen LogP contribution < -0.4 is 11.1 Å². The van der Waals surface area contributed by atoms with Gasteiger partial charge in [0.2, 0.25) is 0 Å². The van der Waals surface area contributed by atoms with E-state index in [-0.39, 0.29) is 0 Å². The van der Waals surface area contributed by atoms with E-state index in [9.17, 15) is 0 Å². The highest BCUT2D eigenvalue weighted by Crippen LogP contribution is 2.27. The molecule has 0 aliphatic rings. The molecular formula is C15H22N4O. The maximum atomic E-state index is 6.16. The molecule has 1 aromatic heterocycles. The van der Waals surface area contributed by atoms with Crippen LogP contribution >= 0.6 is 0 Å². The van der Waals surface area contributed by atoms with Gasteiger partial charge in [0.25, 0.3) is 0 Å². The summed E-state index contributed by atoms with van der Waals surface area (Å²) in [6.07, 6.45) is 3.58. The van der Waals surface area contributed by atoms with E-state index in [2.05, 4.69) is 15.2 Å². The number of nitrogens with one attached hydrogen (secondary N) is 1. The molecule has 0 atom stereocenters. The van der Waals surface area contributed by atoms with E-state index >= 15 is 0 Å². The van der Waals surface area contributed by atoms with Gasteiger partial charge in [-0.2, -0.15) is 0 Å². The van der Waals surface area contributed by atoms with Gasteiger partial charge in [-0.05, 0) is 26.2 Å². The monoisotopic (exact) mass is 274 g/mol. The lowest BCUT2D eigenvalue weighted by molar-refractivity contribution is 0.126. The lowest BCUT2D eigenvalue weighted by atomic mass is 10.1. The van der Waals surface area contributed by atoms with Gasteiger partial charge in [0.15, 0.2) is 0 Å². The molecule has 5 nitrogen and oxygen atoms in total. The highest BCUT2D eigenvalue weighted by molar-refractivity contribution is 5.98. The standard InChI is InChI=1S/C15H22N4O/c1-19(2)8-10-20-9-7-18-14-4-3-12-11-17-6-5-13(12)15(14)16/h3-6,11,18H,7-10,16H2,1-2H3. The summed E-state index contributed by atoms with van der Waals surface area (Å²) < 4.78 is 5.54. The van der Waals surface area contributed by atoms with Crippen LogP contribution in [-0.2, 0) is 4.74 Å². The zero-order chi connectivity index (χ0) is 14.4. The van der Waals surface area contributed by atoms with Crippen LogP contribution in [0.4, 0.5) is 11.4 Å². The van der Waals surface area contributed by atoms with E-state index < -0.39 is 0 Å². The molecule has 3 N–H and O–H groups in total. The molecule has 0 aliphatic carbocycles. The van der Waals surface area contributed by atoms with Crippen LogP contribution in [-0.4, -0.2) is 50.3 Å².